The van der Waals surface area contributed by atoms with E-state index in [1.54, 1.807) is 6.92 Å². The summed E-state index contributed by atoms with van der Waals surface area (Å²) in [6.45, 7) is 3.08. The van der Waals surface area contributed by atoms with E-state index in [2.05, 4.69) is 0 Å². The van der Waals surface area contributed by atoms with E-state index in [9.17, 15) is 8.78 Å². The van der Waals surface area contributed by atoms with Crippen LogP contribution in [0, 0.1) is 0 Å². The summed E-state index contributed by atoms with van der Waals surface area (Å²) in [4.78, 5) is 0. The SMILES string of the molecule is CCC(C)SC(F)(F)CN. The maximum atomic E-state index is 12.4. The van der Waals surface area contributed by atoms with Gasteiger partial charge in [-0.2, -0.15) is 8.78 Å². The third-order valence-electron chi connectivity index (χ3n) is 1.19. The standard InChI is InChI=1S/C6H13F2NS/c1-3-5(2)10-6(7,8)4-9/h5H,3-4,9H2,1-2H3. The molecule has 0 aliphatic carbocycles. The average molecular weight is 169 g/mol. The number of halogens is 2. The van der Waals surface area contributed by atoms with Crippen LogP contribution in [0.4, 0.5) is 8.78 Å². The highest BCUT2D eigenvalue weighted by molar-refractivity contribution is 8.00. The molecule has 0 spiro atoms. The smallest absolute Gasteiger partial charge is 0.306 e. The van der Waals surface area contributed by atoms with Crippen LogP contribution >= 0.6 is 11.8 Å². The maximum absolute atomic E-state index is 12.4. The zero-order valence-electron chi connectivity index (χ0n) is 6.23. The van der Waals surface area contributed by atoms with Gasteiger partial charge in [0.05, 0.1) is 6.54 Å². The molecule has 1 atom stereocenters. The fourth-order valence-electron chi connectivity index (χ4n) is 0.426. The van der Waals surface area contributed by atoms with Crippen molar-refractivity contribution in [1.29, 1.82) is 0 Å². The second-order valence-electron chi connectivity index (χ2n) is 2.18. The van der Waals surface area contributed by atoms with Gasteiger partial charge in [0, 0.05) is 5.25 Å². The Morgan fingerprint density at radius 3 is 2.40 bits per heavy atom. The molecule has 0 radical (unpaired) electrons. The Balaban J connectivity index is 3.64. The maximum Gasteiger partial charge on any atom is 0.306 e. The summed E-state index contributed by atoms with van der Waals surface area (Å²) in [6, 6.07) is 0. The summed E-state index contributed by atoms with van der Waals surface area (Å²) in [5, 5.41) is -2.76. The second kappa shape index (κ2) is 4.13. The van der Waals surface area contributed by atoms with Crippen LogP contribution in [0.1, 0.15) is 20.3 Å². The highest BCUT2D eigenvalue weighted by Gasteiger charge is 2.29. The Morgan fingerprint density at radius 1 is 1.60 bits per heavy atom. The van der Waals surface area contributed by atoms with Crippen LogP contribution in [0.15, 0.2) is 0 Å². The van der Waals surface area contributed by atoms with Gasteiger partial charge in [-0.3, -0.25) is 0 Å². The van der Waals surface area contributed by atoms with E-state index in [1.807, 2.05) is 6.92 Å². The lowest BCUT2D eigenvalue weighted by molar-refractivity contribution is 0.115. The second-order valence-corrected chi connectivity index (χ2v) is 3.82. The largest absolute Gasteiger partial charge is 0.324 e. The van der Waals surface area contributed by atoms with Gasteiger partial charge in [0.25, 0.3) is 0 Å². The molecular formula is C6H13F2NS. The Morgan fingerprint density at radius 2 is 2.10 bits per heavy atom. The molecule has 0 aliphatic rings. The first-order valence-electron chi connectivity index (χ1n) is 3.27. The number of thioether (sulfide) groups is 1. The van der Waals surface area contributed by atoms with Crippen LogP contribution < -0.4 is 5.73 Å². The molecule has 2 N–H and O–H groups in total. The number of nitrogens with two attached hydrogens (primary N) is 1. The van der Waals surface area contributed by atoms with Crippen LogP contribution in [-0.4, -0.2) is 17.0 Å². The van der Waals surface area contributed by atoms with E-state index in [1.165, 1.54) is 0 Å². The minimum Gasteiger partial charge on any atom is -0.324 e. The highest BCUT2D eigenvalue weighted by atomic mass is 32.2. The molecule has 10 heavy (non-hydrogen) atoms. The van der Waals surface area contributed by atoms with Crippen molar-refractivity contribution in [3.63, 3.8) is 0 Å². The van der Waals surface area contributed by atoms with Crippen molar-refractivity contribution in [3.8, 4) is 0 Å². The monoisotopic (exact) mass is 169 g/mol. The molecule has 4 heteroatoms. The van der Waals surface area contributed by atoms with Gasteiger partial charge in [-0.25, -0.2) is 0 Å². The molecule has 1 unspecified atom stereocenters. The minimum absolute atomic E-state index is 0.0152. The minimum atomic E-state index is -2.74. The molecule has 0 saturated carbocycles. The van der Waals surface area contributed by atoms with Crippen LogP contribution in [0.5, 0.6) is 0 Å². The highest BCUT2D eigenvalue weighted by Crippen LogP contribution is 2.32. The molecule has 0 amide bonds. The topological polar surface area (TPSA) is 26.0 Å². The van der Waals surface area contributed by atoms with E-state index < -0.39 is 11.8 Å². The fraction of sp³-hybridized carbons (Fsp3) is 1.00. The first-order valence-corrected chi connectivity index (χ1v) is 4.15. The lowest BCUT2D eigenvalue weighted by atomic mass is 10.4. The third-order valence-corrected chi connectivity index (χ3v) is 2.43. The molecular weight excluding hydrogens is 156 g/mol. The van der Waals surface area contributed by atoms with Gasteiger partial charge in [0.15, 0.2) is 0 Å². The quantitative estimate of drug-likeness (QED) is 0.697. The molecule has 0 aliphatic heterocycles. The van der Waals surface area contributed by atoms with Gasteiger partial charge in [-0.15, -0.1) is 0 Å². The predicted molar refractivity (Wildman–Crippen MR) is 41.3 cm³/mol. The van der Waals surface area contributed by atoms with Gasteiger partial charge in [-0.1, -0.05) is 25.6 Å². The molecule has 62 valence electrons. The van der Waals surface area contributed by atoms with E-state index >= 15 is 0 Å². The van der Waals surface area contributed by atoms with Crippen molar-refractivity contribution in [3.05, 3.63) is 0 Å². The van der Waals surface area contributed by atoms with Gasteiger partial charge in [0.1, 0.15) is 0 Å². The summed E-state index contributed by atoms with van der Waals surface area (Å²) in [5.41, 5.74) is 4.84. The van der Waals surface area contributed by atoms with Crippen LogP contribution in [0.3, 0.4) is 0 Å². The molecule has 0 aromatic heterocycles. The van der Waals surface area contributed by atoms with E-state index in [0.29, 0.717) is 11.8 Å². The van der Waals surface area contributed by atoms with Crippen molar-refractivity contribution in [1.82, 2.24) is 0 Å². The van der Waals surface area contributed by atoms with Crippen LogP contribution in [-0.2, 0) is 0 Å². The molecule has 0 fully saturated rings. The Labute approximate surface area is 64.4 Å². The Bertz CT molecular complexity index is 97.7. The molecule has 0 rings (SSSR count). The lowest BCUT2D eigenvalue weighted by Crippen LogP contribution is -2.25. The summed E-state index contributed by atoms with van der Waals surface area (Å²) in [7, 11) is 0. The van der Waals surface area contributed by atoms with E-state index in [-0.39, 0.29) is 5.25 Å². The molecule has 0 saturated heterocycles. The zero-order chi connectivity index (χ0) is 8.20. The summed E-state index contributed by atoms with van der Waals surface area (Å²) >= 11 is 0.644. The summed E-state index contributed by atoms with van der Waals surface area (Å²) < 4.78 is 24.9. The molecule has 0 bridgehead atoms. The number of hydrogen-bond acceptors (Lipinski definition) is 2. The lowest BCUT2D eigenvalue weighted by Gasteiger charge is -2.16. The Hall–Kier alpha value is 0.170. The molecule has 0 aromatic rings. The number of hydrogen-bond donors (Lipinski definition) is 1. The average Bonchev–Trinajstić information content (AvgIpc) is 1.87. The van der Waals surface area contributed by atoms with E-state index in [0.717, 1.165) is 6.42 Å². The normalized spacial score (nSPS) is 15.3. The number of rotatable bonds is 4. The molecule has 0 heterocycles. The summed E-state index contributed by atoms with van der Waals surface area (Å²) in [6.07, 6.45) is 0.750. The van der Waals surface area contributed by atoms with Crippen molar-refractivity contribution >= 4 is 11.8 Å². The van der Waals surface area contributed by atoms with Gasteiger partial charge < -0.3 is 5.73 Å². The van der Waals surface area contributed by atoms with Crippen molar-refractivity contribution in [2.45, 2.75) is 30.8 Å². The number of alkyl halides is 2. The van der Waals surface area contributed by atoms with Gasteiger partial charge >= 0.3 is 5.25 Å². The van der Waals surface area contributed by atoms with Crippen molar-refractivity contribution < 1.29 is 8.78 Å². The molecule has 0 aromatic carbocycles. The molecule has 1 nitrogen and oxygen atoms in total. The van der Waals surface area contributed by atoms with Crippen LogP contribution in [0.25, 0.3) is 0 Å². The van der Waals surface area contributed by atoms with Gasteiger partial charge in [0.2, 0.25) is 0 Å². The van der Waals surface area contributed by atoms with Gasteiger partial charge in [-0.05, 0) is 6.42 Å². The van der Waals surface area contributed by atoms with Crippen molar-refractivity contribution in [2.75, 3.05) is 6.54 Å². The Kier molecular flexibility index (Phi) is 4.20. The zero-order valence-corrected chi connectivity index (χ0v) is 7.05. The first-order chi connectivity index (χ1) is 4.52. The third kappa shape index (κ3) is 4.06. The summed E-state index contributed by atoms with van der Waals surface area (Å²) in [5.74, 6) is 0. The fourth-order valence-corrected chi connectivity index (χ4v) is 1.28. The predicted octanol–water partition coefficient (Wildman–Crippen LogP) is 2.07. The first kappa shape index (κ1) is 10.2. The van der Waals surface area contributed by atoms with Crippen LogP contribution in [0.2, 0.25) is 0 Å². The van der Waals surface area contributed by atoms with Crippen molar-refractivity contribution in [2.24, 2.45) is 5.73 Å². The van der Waals surface area contributed by atoms with E-state index in [4.69, 9.17) is 5.73 Å².